The smallest absolute Gasteiger partial charge is 0.221 e. The van der Waals surface area contributed by atoms with E-state index in [1.165, 1.54) is 6.33 Å². The number of rotatable bonds is 5. The SMILES string of the molecule is C#CCC(CC)Nc1ncnc(OC)c1C. The van der Waals surface area contributed by atoms with E-state index in [1.54, 1.807) is 7.11 Å². The first-order valence-electron chi connectivity index (χ1n) is 5.28. The Kier molecular flexibility index (Phi) is 4.59. The molecule has 1 rings (SSSR count). The van der Waals surface area contributed by atoms with Crippen LogP contribution in [-0.2, 0) is 0 Å². The molecule has 1 N–H and O–H groups in total. The lowest BCUT2D eigenvalue weighted by atomic mass is 10.1. The predicted molar refractivity (Wildman–Crippen MR) is 64.5 cm³/mol. The van der Waals surface area contributed by atoms with Gasteiger partial charge in [-0.3, -0.25) is 0 Å². The van der Waals surface area contributed by atoms with Gasteiger partial charge in [0, 0.05) is 12.5 Å². The first-order chi connectivity index (χ1) is 7.72. The number of hydrogen-bond acceptors (Lipinski definition) is 4. The van der Waals surface area contributed by atoms with Crippen LogP contribution in [0.3, 0.4) is 0 Å². The van der Waals surface area contributed by atoms with Gasteiger partial charge in [0.15, 0.2) is 0 Å². The third-order valence-electron chi connectivity index (χ3n) is 2.43. The highest BCUT2D eigenvalue weighted by atomic mass is 16.5. The molecule has 4 nitrogen and oxygen atoms in total. The first-order valence-corrected chi connectivity index (χ1v) is 5.28. The van der Waals surface area contributed by atoms with Crippen LogP contribution < -0.4 is 10.1 Å². The van der Waals surface area contributed by atoms with E-state index in [-0.39, 0.29) is 6.04 Å². The molecule has 1 heterocycles. The van der Waals surface area contributed by atoms with Crippen LogP contribution in [0.15, 0.2) is 6.33 Å². The van der Waals surface area contributed by atoms with E-state index in [0.29, 0.717) is 12.3 Å². The molecular weight excluding hydrogens is 202 g/mol. The summed E-state index contributed by atoms with van der Waals surface area (Å²) in [7, 11) is 1.60. The van der Waals surface area contributed by atoms with Crippen LogP contribution in [0.5, 0.6) is 5.88 Å². The van der Waals surface area contributed by atoms with Gasteiger partial charge in [-0.2, -0.15) is 0 Å². The summed E-state index contributed by atoms with van der Waals surface area (Å²) in [5.74, 6) is 4.03. The molecule has 4 heteroatoms. The Morgan fingerprint density at radius 2 is 2.31 bits per heavy atom. The van der Waals surface area contributed by atoms with Gasteiger partial charge in [0.05, 0.1) is 12.7 Å². The monoisotopic (exact) mass is 219 g/mol. The lowest BCUT2D eigenvalue weighted by molar-refractivity contribution is 0.393. The summed E-state index contributed by atoms with van der Waals surface area (Å²) in [4.78, 5) is 8.21. The average Bonchev–Trinajstić information content (AvgIpc) is 2.31. The van der Waals surface area contributed by atoms with E-state index < -0.39 is 0 Å². The highest BCUT2D eigenvalue weighted by Gasteiger charge is 2.10. The Hall–Kier alpha value is -1.76. The highest BCUT2D eigenvalue weighted by Crippen LogP contribution is 2.21. The second-order valence-electron chi connectivity index (χ2n) is 3.51. The van der Waals surface area contributed by atoms with Crippen molar-refractivity contribution in [1.82, 2.24) is 9.97 Å². The van der Waals surface area contributed by atoms with Crippen LogP contribution in [-0.4, -0.2) is 23.1 Å². The second-order valence-corrected chi connectivity index (χ2v) is 3.51. The number of terminal acetylenes is 1. The maximum atomic E-state index is 5.31. The van der Waals surface area contributed by atoms with Gasteiger partial charge < -0.3 is 10.1 Å². The lowest BCUT2D eigenvalue weighted by Crippen LogP contribution is -2.19. The summed E-state index contributed by atoms with van der Waals surface area (Å²) >= 11 is 0. The Labute approximate surface area is 96.5 Å². The van der Waals surface area contributed by atoms with Crippen molar-refractivity contribution >= 4 is 5.82 Å². The summed E-state index contributed by atoms with van der Waals surface area (Å²) in [6, 6.07) is 0.239. The maximum Gasteiger partial charge on any atom is 0.221 e. The topological polar surface area (TPSA) is 47.0 Å². The van der Waals surface area contributed by atoms with E-state index in [0.717, 1.165) is 17.8 Å². The number of anilines is 1. The van der Waals surface area contributed by atoms with E-state index >= 15 is 0 Å². The van der Waals surface area contributed by atoms with Crippen LogP contribution >= 0.6 is 0 Å². The van der Waals surface area contributed by atoms with E-state index in [4.69, 9.17) is 11.2 Å². The zero-order chi connectivity index (χ0) is 12.0. The molecule has 1 aromatic heterocycles. The molecule has 86 valence electrons. The van der Waals surface area contributed by atoms with E-state index in [2.05, 4.69) is 28.1 Å². The number of nitrogens with one attached hydrogen (secondary N) is 1. The Bertz CT molecular complexity index is 384. The van der Waals surface area contributed by atoms with Gasteiger partial charge in [-0.1, -0.05) is 6.92 Å². The quantitative estimate of drug-likeness (QED) is 0.769. The van der Waals surface area contributed by atoms with Crippen LogP contribution in [0, 0.1) is 19.3 Å². The molecule has 0 saturated heterocycles. The summed E-state index contributed by atoms with van der Waals surface area (Å²) in [5, 5.41) is 3.30. The Morgan fingerprint density at radius 1 is 1.56 bits per heavy atom. The number of aromatic nitrogens is 2. The van der Waals surface area contributed by atoms with Crippen molar-refractivity contribution < 1.29 is 4.74 Å². The standard InChI is InChI=1S/C12H17N3O/c1-5-7-10(6-2)15-11-9(3)12(16-4)14-8-13-11/h1,8,10H,6-7H2,2-4H3,(H,13,14,15). The number of methoxy groups -OCH3 is 1. The molecular formula is C12H17N3O. The van der Waals surface area contributed by atoms with Crippen LogP contribution in [0.4, 0.5) is 5.82 Å². The van der Waals surface area contributed by atoms with Gasteiger partial charge >= 0.3 is 0 Å². The van der Waals surface area contributed by atoms with Crippen LogP contribution in [0.1, 0.15) is 25.3 Å². The van der Waals surface area contributed by atoms with Crippen molar-refractivity contribution in [2.45, 2.75) is 32.7 Å². The van der Waals surface area contributed by atoms with Crippen LogP contribution in [0.25, 0.3) is 0 Å². The molecule has 1 aromatic rings. The average molecular weight is 219 g/mol. The molecule has 0 bridgehead atoms. The Balaban J connectivity index is 2.84. The lowest BCUT2D eigenvalue weighted by Gasteiger charge is -2.17. The van der Waals surface area contributed by atoms with Gasteiger partial charge in [0.25, 0.3) is 0 Å². The molecule has 1 atom stereocenters. The molecule has 0 fully saturated rings. The van der Waals surface area contributed by atoms with Crippen molar-refractivity contribution in [3.8, 4) is 18.2 Å². The fourth-order valence-corrected chi connectivity index (χ4v) is 1.42. The van der Waals surface area contributed by atoms with Gasteiger partial charge in [-0.15, -0.1) is 12.3 Å². The van der Waals surface area contributed by atoms with Crippen molar-refractivity contribution in [3.05, 3.63) is 11.9 Å². The fourth-order valence-electron chi connectivity index (χ4n) is 1.42. The first kappa shape index (κ1) is 12.3. The zero-order valence-electron chi connectivity index (χ0n) is 9.95. The Morgan fingerprint density at radius 3 is 2.88 bits per heavy atom. The molecule has 0 spiro atoms. The molecule has 16 heavy (non-hydrogen) atoms. The number of ether oxygens (including phenoxy) is 1. The van der Waals surface area contributed by atoms with Crippen LogP contribution in [0.2, 0.25) is 0 Å². The zero-order valence-corrected chi connectivity index (χ0v) is 9.95. The van der Waals surface area contributed by atoms with Crippen molar-refractivity contribution in [1.29, 1.82) is 0 Å². The van der Waals surface area contributed by atoms with E-state index in [1.807, 2.05) is 6.92 Å². The molecule has 0 aliphatic heterocycles. The van der Waals surface area contributed by atoms with Gasteiger partial charge in [0.1, 0.15) is 12.1 Å². The number of nitrogens with zero attached hydrogens (tertiary/aromatic N) is 2. The molecule has 0 amide bonds. The molecule has 0 aliphatic carbocycles. The van der Waals surface area contributed by atoms with Crippen molar-refractivity contribution in [2.24, 2.45) is 0 Å². The maximum absolute atomic E-state index is 5.31. The molecule has 0 aliphatic rings. The molecule has 0 aromatic carbocycles. The third kappa shape index (κ3) is 2.86. The molecule has 0 saturated carbocycles. The largest absolute Gasteiger partial charge is 0.481 e. The minimum Gasteiger partial charge on any atom is -0.481 e. The fraction of sp³-hybridized carbons (Fsp3) is 0.500. The second kappa shape index (κ2) is 5.96. The summed E-state index contributed by atoms with van der Waals surface area (Å²) < 4.78 is 5.13. The normalized spacial score (nSPS) is 11.6. The van der Waals surface area contributed by atoms with Gasteiger partial charge in [-0.25, -0.2) is 9.97 Å². The summed E-state index contributed by atoms with van der Waals surface area (Å²) in [5.41, 5.74) is 0.903. The molecule has 1 unspecified atom stereocenters. The predicted octanol–water partition coefficient (Wildman–Crippen LogP) is 2.01. The van der Waals surface area contributed by atoms with Gasteiger partial charge in [-0.05, 0) is 13.3 Å². The minimum absolute atomic E-state index is 0.239. The number of hydrogen-bond donors (Lipinski definition) is 1. The summed E-state index contributed by atoms with van der Waals surface area (Å²) in [6.07, 6.45) is 8.43. The third-order valence-corrected chi connectivity index (χ3v) is 2.43. The van der Waals surface area contributed by atoms with E-state index in [9.17, 15) is 0 Å². The van der Waals surface area contributed by atoms with Gasteiger partial charge in [0.2, 0.25) is 5.88 Å². The van der Waals surface area contributed by atoms with Crippen molar-refractivity contribution in [3.63, 3.8) is 0 Å². The molecule has 0 radical (unpaired) electrons. The summed E-state index contributed by atoms with van der Waals surface area (Å²) in [6.45, 7) is 4.01. The van der Waals surface area contributed by atoms with Crippen molar-refractivity contribution in [2.75, 3.05) is 12.4 Å². The highest BCUT2D eigenvalue weighted by molar-refractivity contribution is 5.48. The minimum atomic E-state index is 0.239.